The van der Waals surface area contributed by atoms with E-state index in [1.54, 1.807) is 12.1 Å². The van der Waals surface area contributed by atoms with E-state index in [1.807, 2.05) is 12.1 Å². The molecular formula is C17H16F2N2O2. The molecule has 4 nitrogen and oxygen atoms in total. The highest BCUT2D eigenvalue weighted by Gasteiger charge is 2.18. The predicted molar refractivity (Wildman–Crippen MR) is 83.8 cm³/mol. The van der Waals surface area contributed by atoms with Crippen molar-refractivity contribution in [3.63, 3.8) is 0 Å². The molecule has 2 aromatic carbocycles. The van der Waals surface area contributed by atoms with E-state index in [9.17, 15) is 13.6 Å². The first-order valence-electron chi connectivity index (χ1n) is 7.33. The molecule has 1 amide bonds. The van der Waals surface area contributed by atoms with Gasteiger partial charge in [0.1, 0.15) is 11.6 Å². The van der Waals surface area contributed by atoms with Crippen molar-refractivity contribution in [1.82, 2.24) is 0 Å². The fourth-order valence-corrected chi connectivity index (χ4v) is 2.52. The molecule has 0 unspecified atom stereocenters. The summed E-state index contributed by atoms with van der Waals surface area (Å²) in [6.07, 6.45) is 0. The molecule has 1 N–H and O–H groups in total. The standard InChI is InChI=1S/C17H16F2N2O2/c18-12-5-6-13(14(19)11-12)17(22)20-15-3-1-2-4-16(15)21-7-9-23-10-8-21/h1-6,11H,7-10H2,(H,20,22). The van der Waals surface area contributed by atoms with E-state index in [1.165, 1.54) is 0 Å². The lowest BCUT2D eigenvalue weighted by Gasteiger charge is -2.30. The molecule has 1 saturated heterocycles. The number of ether oxygens (including phenoxy) is 1. The molecule has 1 heterocycles. The normalized spacial score (nSPS) is 14.6. The zero-order valence-corrected chi connectivity index (χ0v) is 12.4. The molecule has 0 saturated carbocycles. The Labute approximate surface area is 132 Å². The average molecular weight is 318 g/mol. The highest BCUT2D eigenvalue weighted by atomic mass is 19.1. The van der Waals surface area contributed by atoms with Gasteiger partial charge in [0.15, 0.2) is 0 Å². The maximum Gasteiger partial charge on any atom is 0.258 e. The largest absolute Gasteiger partial charge is 0.378 e. The van der Waals surface area contributed by atoms with Gasteiger partial charge in [0.2, 0.25) is 0 Å². The highest BCUT2D eigenvalue weighted by Crippen LogP contribution is 2.27. The maximum absolute atomic E-state index is 13.7. The lowest BCUT2D eigenvalue weighted by atomic mass is 10.1. The summed E-state index contributed by atoms with van der Waals surface area (Å²) < 4.78 is 32.0. The van der Waals surface area contributed by atoms with Crippen LogP contribution in [-0.4, -0.2) is 32.2 Å². The van der Waals surface area contributed by atoms with Gasteiger partial charge in [0, 0.05) is 19.2 Å². The van der Waals surface area contributed by atoms with Crippen molar-refractivity contribution in [2.24, 2.45) is 0 Å². The van der Waals surface area contributed by atoms with Crippen molar-refractivity contribution in [2.45, 2.75) is 0 Å². The molecule has 0 aromatic heterocycles. The lowest BCUT2D eigenvalue weighted by molar-refractivity contribution is 0.102. The Morgan fingerprint density at radius 1 is 1.09 bits per heavy atom. The first-order valence-corrected chi connectivity index (χ1v) is 7.33. The third-order valence-electron chi connectivity index (χ3n) is 3.68. The Kier molecular flexibility index (Phi) is 4.52. The average Bonchev–Trinajstić information content (AvgIpc) is 2.56. The summed E-state index contributed by atoms with van der Waals surface area (Å²) in [5.41, 5.74) is 1.25. The summed E-state index contributed by atoms with van der Waals surface area (Å²) >= 11 is 0. The van der Waals surface area contributed by atoms with Crippen molar-refractivity contribution in [3.05, 3.63) is 59.7 Å². The molecule has 0 atom stereocenters. The van der Waals surface area contributed by atoms with Crippen LogP contribution in [0.1, 0.15) is 10.4 Å². The van der Waals surface area contributed by atoms with Crippen LogP contribution < -0.4 is 10.2 Å². The quantitative estimate of drug-likeness (QED) is 0.946. The minimum Gasteiger partial charge on any atom is -0.378 e. The summed E-state index contributed by atoms with van der Waals surface area (Å²) in [6.45, 7) is 2.68. The highest BCUT2D eigenvalue weighted by molar-refractivity contribution is 6.06. The van der Waals surface area contributed by atoms with Gasteiger partial charge >= 0.3 is 0 Å². The van der Waals surface area contributed by atoms with Crippen LogP contribution in [0.15, 0.2) is 42.5 Å². The molecule has 0 spiro atoms. The molecule has 0 bridgehead atoms. The zero-order chi connectivity index (χ0) is 16.2. The van der Waals surface area contributed by atoms with Crippen LogP contribution in [0, 0.1) is 11.6 Å². The number of amides is 1. The number of nitrogens with one attached hydrogen (secondary N) is 1. The lowest BCUT2D eigenvalue weighted by Crippen LogP contribution is -2.36. The molecule has 6 heteroatoms. The maximum atomic E-state index is 13.7. The Bertz CT molecular complexity index is 715. The van der Waals surface area contributed by atoms with Crippen LogP contribution in [-0.2, 0) is 4.74 Å². The number of halogens is 2. The molecule has 2 aromatic rings. The van der Waals surface area contributed by atoms with Gasteiger partial charge in [-0.15, -0.1) is 0 Å². The fourth-order valence-electron chi connectivity index (χ4n) is 2.52. The number of hydrogen-bond donors (Lipinski definition) is 1. The van der Waals surface area contributed by atoms with Crippen LogP contribution in [0.5, 0.6) is 0 Å². The predicted octanol–water partition coefficient (Wildman–Crippen LogP) is 3.05. The molecule has 1 aliphatic rings. The van der Waals surface area contributed by atoms with Crippen LogP contribution in [0.25, 0.3) is 0 Å². The number of nitrogens with zero attached hydrogens (tertiary/aromatic N) is 1. The summed E-state index contributed by atoms with van der Waals surface area (Å²) in [5.74, 6) is -2.21. The van der Waals surface area contributed by atoms with Gasteiger partial charge in [-0.3, -0.25) is 4.79 Å². The van der Waals surface area contributed by atoms with E-state index in [2.05, 4.69) is 10.2 Å². The number of carbonyl (C=O) groups excluding carboxylic acids is 1. The second-order valence-corrected chi connectivity index (χ2v) is 5.19. The molecule has 3 rings (SSSR count). The minimum atomic E-state index is -0.883. The summed E-state index contributed by atoms with van der Waals surface area (Å²) in [5, 5.41) is 2.70. The number of para-hydroxylation sites is 2. The minimum absolute atomic E-state index is 0.191. The van der Waals surface area contributed by atoms with Gasteiger partial charge in [-0.25, -0.2) is 8.78 Å². The van der Waals surface area contributed by atoms with Crippen LogP contribution in [0.2, 0.25) is 0 Å². The van der Waals surface area contributed by atoms with Crippen LogP contribution in [0.3, 0.4) is 0 Å². The van der Waals surface area contributed by atoms with E-state index in [-0.39, 0.29) is 5.56 Å². The SMILES string of the molecule is O=C(Nc1ccccc1N1CCOCC1)c1ccc(F)cc1F. The number of hydrogen-bond acceptors (Lipinski definition) is 3. The van der Waals surface area contributed by atoms with E-state index >= 15 is 0 Å². The molecule has 1 aliphatic heterocycles. The molecule has 120 valence electrons. The molecule has 0 radical (unpaired) electrons. The van der Waals surface area contributed by atoms with Gasteiger partial charge in [0.25, 0.3) is 5.91 Å². The van der Waals surface area contributed by atoms with Crippen molar-refractivity contribution >= 4 is 17.3 Å². The van der Waals surface area contributed by atoms with Crippen LogP contribution in [0.4, 0.5) is 20.2 Å². The van der Waals surface area contributed by atoms with Crippen molar-refractivity contribution in [3.8, 4) is 0 Å². The Morgan fingerprint density at radius 3 is 2.57 bits per heavy atom. The number of rotatable bonds is 3. The van der Waals surface area contributed by atoms with E-state index in [0.717, 1.165) is 30.9 Å². The monoisotopic (exact) mass is 318 g/mol. The van der Waals surface area contributed by atoms with Crippen LogP contribution >= 0.6 is 0 Å². The third-order valence-corrected chi connectivity index (χ3v) is 3.68. The number of morpholine rings is 1. The number of benzene rings is 2. The van der Waals surface area contributed by atoms with E-state index in [4.69, 9.17) is 4.74 Å². The first-order chi connectivity index (χ1) is 11.1. The van der Waals surface area contributed by atoms with Gasteiger partial charge < -0.3 is 15.0 Å². The number of anilines is 2. The Morgan fingerprint density at radius 2 is 1.83 bits per heavy atom. The van der Waals surface area contributed by atoms with Gasteiger partial charge in [0.05, 0.1) is 30.2 Å². The van der Waals surface area contributed by atoms with Gasteiger partial charge in [-0.1, -0.05) is 12.1 Å². The van der Waals surface area contributed by atoms with Gasteiger partial charge in [-0.2, -0.15) is 0 Å². The second kappa shape index (κ2) is 6.75. The number of carbonyl (C=O) groups is 1. The van der Waals surface area contributed by atoms with Crippen molar-refractivity contribution in [2.75, 3.05) is 36.5 Å². The molecule has 0 aliphatic carbocycles. The smallest absolute Gasteiger partial charge is 0.258 e. The summed E-state index contributed by atoms with van der Waals surface area (Å²) in [7, 11) is 0. The second-order valence-electron chi connectivity index (χ2n) is 5.19. The van der Waals surface area contributed by atoms with Crippen molar-refractivity contribution in [1.29, 1.82) is 0 Å². The van der Waals surface area contributed by atoms with E-state index < -0.39 is 17.5 Å². The molecular weight excluding hydrogens is 302 g/mol. The van der Waals surface area contributed by atoms with Crippen molar-refractivity contribution < 1.29 is 18.3 Å². The third kappa shape index (κ3) is 3.48. The topological polar surface area (TPSA) is 41.6 Å². The zero-order valence-electron chi connectivity index (χ0n) is 12.4. The van der Waals surface area contributed by atoms with Gasteiger partial charge in [-0.05, 0) is 24.3 Å². The summed E-state index contributed by atoms with van der Waals surface area (Å²) in [6, 6.07) is 10.2. The molecule has 1 fully saturated rings. The van der Waals surface area contributed by atoms with E-state index in [0.29, 0.717) is 25.0 Å². The Balaban J connectivity index is 1.83. The fraction of sp³-hybridized carbons (Fsp3) is 0.235. The Hall–Kier alpha value is -2.47. The molecule has 23 heavy (non-hydrogen) atoms. The first kappa shape index (κ1) is 15.4. The summed E-state index contributed by atoms with van der Waals surface area (Å²) in [4.78, 5) is 14.4.